The van der Waals surface area contributed by atoms with Crippen molar-refractivity contribution >= 4 is 50.8 Å². The Balaban J connectivity index is 1.19. The highest BCUT2D eigenvalue weighted by molar-refractivity contribution is 7.89. The molecule has 0 saturated carbocycles. The lowest BCUT2D eigenvalue weighted by atomic mass is 9.83. The van der Waals surface area contributed by atoms with Gasteiger partial charge in [-0.3, -0.25) is 14.4 Å². The summed E-state index contributed by atoms with van der Waals surface area (Å²) in [4.78, 5) is 70.0. The lowest BCUT2D eigenvalue weighted by Gasteiger charge is -2.36. The summed E-state index contributed by atoms with van der Waals surface area (Å²) in [6, 6.07) is 10.6. The van der Waals surface area contributed by atoms with Gasteiger partial charge in [0.2, 0.25) is 21.8 Å². The van der Waals surface area contributed by atoms with Crippen LogP contribution in [0.4, 0.5) is 9.59 Å². The summed E-state index contributed by atoms with van der Waals surface area (Å²) in [6.07, 6.45) is 6.08. The van der Waals surface area contributed by atoms with Crippen molar-refractivity contribution in [3.63, 3.8) is 0 Å². The number of carboxylic acid groups (broad SMARTS) is 1. The predicted molar refractivity (Wildman–Crippen MR) is 222 cm³/mol. The normalized spacial score (nSPS) is 19.5. The van der Waals surface area contributed by atoms with Gasteiger partial charge >= 0.3 is 18.2 Å². The number of fused-ring (bicyclic) bond motifs is 1. The first-order valence-corrected chi connectivity index (χ1v) is 22.7. The third-order valence-electron chi connectivity index (χ3n) is 11.8. The minimum Gasteiger partial charge on any atom is -0.465 e. The Hall–Kier alpha value is -4.44. The molecule has 3 saturated heterocycles. The molecule has 3 fully saturated rings. The second-order valence-corrected chi connectivity index (χ2v) is 19.0. The number of esters is 1. The van der Waals surface area contributed by atoms with E-state index in [0.717, 1.165) is 49.3 Å². The quantitative estimate of drug-likeness (QED) is 0.190. The Kier molecular flexibility index (Phi) is 16.0. The van der Waals surface area contributed by atoms with Gasteiger partial charge in [0.15, 0.2) is 0 Å². The molecular formula is C43H63N5O10S. The zero-order chi connectivity index (χ0) is 42.7. The fraction of sp³-hybridized carbons (Fsp3) is 0.651. The van der Waals surface area contributed by atoms with Crippen LogP contribution >= 0.6 is 0 Å². The largest absolute Gasteiger partial charge is 0.465 e. The molecule has 59 heavy (non-hydrogen) atoms. The molecule has 2 unspecified atom stereocenters. The van der Waals surface area contributed by atoms with Crippen molar-refractivity contribution in [2.75, 3.05) is 52.4 Å². The lowest BCUT2D eigenvalue weighted by molar-refractivity contribution is -0.145. The Morgan fingerprint density at radius 3 is 2.03 bits per heavy atom. The topological polar surface area (TPSA) is 192 Å². The number of nitrogens with zero attached hydrogens (tertiary/aromatic N) is 3. The van der Waals surface area contributed by atoms with E-state index in [9.17, 15) is 37.5 Å². The molecule has 4 amide bonds. The standard InChI is InChI=1S/C43H63N5O10S/c1-5-57-40(51)37(45-59(55,56)36-17-16-32-9-6-7-10-34(32)27-36)28-44-38(49)35-11-8-22-48(29-35)39(50)33(14-12-30-18-23-46(24-19-30)41(52)53)15-13-31-20-25-47(26-21-31)42(54)58-43(2,3)4/h6-7,9-10,16-17,27,30-31,33,35,37,45H,5,8,11-15,18-26,28-29H2,1-4H3,(H,44,49)(H,52,53)/t33?,35-,37?/m1/s1. The summed E-state index contributed by atoms with van der Waals surface area (Å²) in [5.74, 6) is -1.33. The summed E-state index contributed by atoms with van der Waals surface area (Å²) >= 11 is 0. The molecular weight excluding hydrogens is 779 g/mol. The van der Waals surface area contributed by atoms with Gasteiger partial charge < -0.3 is 34.6 Å². The minimum absolute atomic E-state index is 0.00390. The van der Waals surface area contributed by atoms with Gasteiger partial charge in [0.25, 0.3) is 0 Å². The van der Waals surface area contributed by atoms with Gasteiger partial charge in [-0.25, -0.2) is 18.0 Å². The van der Waals surface area contributed by atoms with Gasteiger partial charge in [-0.15, -0.1) is 0 Å². The maximum absolute atomic E-state index is 14.3. The van der Waals surface area contributed by atoms with Crippen LogP contribution in [0.2, 0.25) is 0 Å². The molecule has 0 aromatic heterocycles. The third kappa shape index (κ3) is 13.3. The van der Waals surface area contributed by atoms with Crippen LogP contribution in [0.5, 0.6) is 0 Å². The van der Waals surface area contributed by atoms with E-state index in [2.05, 4.69) is 10.0 Å². The number of piperidine rings is 3. The van der Waals surface area contributed by atoms with E-state index in [4.69, 9.17) is 9.47 Å². The molecule has 0 aliphatic carbocycles. The molecule has 16 heteroatoms. The van der Waals surface area contributed by atoms with E-state index in [0.29, 0.717) is 70.2 Å². The molecule has 15 nitrogen and oxygen atoms in total. The van der Waals surface area contributed by atoms with Crippen molar-refractivity contribution in [1.82, 2.24) is 24.7 Å². The first-order chi connectivity index (χ1) is 28.0. The number of hydrogen-bond acceptors (Lipinski definition) is 9. The number of hydrogen-bond donors (Lipinski definition) is 3. The van der Waals surface area contributed by atoms with E-state index in [1.807, 2.05) is 32.9 Å². The van der Waals surface area contributed by atoms with Crippen molar-refractivity contribution in [2.24, 2.45) is 23.7 Å². The van der Waals surface area contributed by atoms with Gasteiger partial charge in [-0.05, 0) is 127 Å². The van der Waals surface area contributed by atoms with Crippen molar-refractivity contribution in [2.45, 2.75) is 108 Å². The third-order valence-corrected chi connectivity index (χ3v) is 13.3. The Bertz CT molecular complexity index is 1890. The Morgan fingerprint density at radius 1 is 0.831 bits per heavy atom. The van der Waals surface area contributed by atoms with E-state index < -0.39 is 39.6 Å². The van der Waals surface area contributed by atoms with Crippen LogP contribution in [0, 0.1) is 23.7 Å². The number of likely N-dealkylation sites (tertiary alicyclic amines) is 3. The molecule has 5 rings (SSSR count). The van der Waals surface area contributed by atoms with E-state index in [1.165, 1.54) is 17.0 Å². The number of carbonyl (C=O) groups is 5. The second kappa shape index (κ2) is 20.7. The van der Waals surface area contributed by atoms with E-state index >= 15 is 0 Å². The Labute approximate surface area is 348 Å². The molecule has 326 valence electrons. The summed E-state index contributed by atoms with van der Waals surface area (Å²) in [5.41, 5.74) is -0.565. The number of nitrogens with one attached hydrogen (secondary N) is 2. The number of rotatable bonds is 15. The first kappa shape index (κ1) is 45.6. The van der Waals surface area contributed by atoms with Gasteiger partial charge in [0.1, 0.15) is 11.6 Å². The van der Waals surface area contributed by atoms with Crippen LogP contribution in [-0.4, -0.2) is 122 Å². The maximum Gasteiger partial charge on any atom is 0.410 e. The Morgan fingerprint density at radius 2 is 1.44 bits per heavy atom. The summed E-state index contributed by atoms with van der Waals surface area (Å²) in [5, 5.41) is 13.8. The summed E-state index contributed by atoms with van der Waals surface area (Å²) < 4.78 is 40.0. The molecule has 2 aromatic carbocycles. The molecule has 3 aliphatic heterocycles. The molecule has 0 radical (unpaired) electrons. The van der Waals surface area contributed by atoms with Gasteiger partial charge in [-0.1, -0.05) is 30.3 Å². The number of carbonyl (C=O) groups excluding carboxylic acids is 4. The highest BCUT2D eigenvalue weighted by Crippen LogP contribution is 2.31. The van der Waals surface area contributed by atoms with Crippen LogP contribution in [0.15, 0.2) is 47.4 Å². The van der Waals surface area contributed by atoms with Crippen LogP contribution in [-0.2, 0) is 33.9 Å². The number of benzene rings is 2. The molecule has 3 N–H and O–H groups in total. The van der Waals surface area contributed by atoms with Gasteiger partial charge in [0, 0.05) is 51.7 Å². The lowest BCUT2D eigenvalue weighted by Crippen LogP contribution is -2.52. The SMILES string of the molecule is CCOC(=O)C(CNC(=O)[C@@H]1CCCN(C(=O)C(CCC2CCN(C(=O)O)CC2)CCC2CCN(C(=O)OC(C)(C)C)CC2)C1)NS(=O)(=O)c1ccc2ccccc2c1. The van der Waals surface area contributed by atoms with Crippen molar-refractivity contribution in [3.05, 3.63) is 42.5 Å². The highest BCUT2D eigenvalue weighted by Gasteiger charge is 2.35. The number of ether oxygens (including phenoxy) is 2. The van der Waals surface area contributed by atoms with Crippen LogP contribution in [0.1, 0.15) is 91.9 Å². The zero-order valence-corrected chi connectivity index (χ0v) is 35.8. The fourth-order valence-corrected chi connectivity index (χ4v) is 9.63. The van der Waals surface area contributed by atoms with Crippen LogP contribution < -0.4 is 10.0 Å². The molecule has 3 aliphatic rings. The molecule has 0 spiro atoms. The van der Waals surface area contributed by atoms with Crippen LogP contribution in [0.3, 0.4) is 0 Å². The minimum atomic E-state index is -4.17. The molecule has 3 heterocycles. The zero-order valence-electron chi connectivity index (χ0n) is 35.0. The van der Waals surface area contributed by atoms with Crippen LogP contribution in [0.25, 0.3) is 10.8 Å². The number of amides is 4. The molecule has 0 bridgehead atoms. The smallest absolute Gasteiger partial charge is 0.410 e. The average Bonchev–Trinajstić information content (AvgIpc) is 3.21. The van der Waals surface area contributed by atoms with E-state index in [1.54, 1.807) is 34.9 Å². The average molecular weight is 842 g/mol. The van der Waals surface area contributed by atoms with Gasteiger partial charge in [0.05, 0.1) is 17.4 Å². The highest BCUT2D eigenvalue weighted by atomic mass is 32.2. The fourth-order valence-electron chi connectivity index (χ4n) is 8.41. The summed E-state index contributed by atoms with van der Waals surface area (Å²) in [7, 11) is -4.17. The maximum atomic E-state index is 14.3. The second-order valence-electron chi connectivity index (χ2n) is 17.3. The number of sulfonamides is 1. The molecule has 2 aromatic rings. The van der Waals surface area contributed by atoms with Crippen molar-refractivity contribution in [1.29, 1.82) is 0 Å². The van der Waals surface area contributed by atoms with Gasteiger partial charge in [-0.2, -0.15) is 4.72 Å². The summed E-state index contributed by atoms with van der Waals surface area (Å²) in [6.45, 7) is 9.76. The monoisotopic (exact) mass is 841 g/mol. The predicted octanol–water partition coefficient (Wildman–Crippen LogP) is 5.62. The first-order valence-electron chi connectivity index (χ1n) is 21.2. The van der Waals surface area contributed by atoms with Crippen molar-refractivity contribution in [3.8, 4) is 0 Å². The van der Waals surface area contributed by atoms with E-state index in [-0.39, 0.29) is 48.4 Å². The van der Waals surface area contributed by atoms with Crippen molar-refractivity contribution < 1.29 is 47.0 Å². The molecule has 3 atom stereocenters.